The first kappa shape index (κ1) is 9.21. The van der Waals surface area contributed by atoms with Crippen LogP contribution in [0, 0.1) is 23.2 Å². The number of likely N-dealkylation sites (tertiary alicyclic amines) is 1. The molecule has 1 heterocycles. The summed E-state index contributed by atoms with van der Waals surface area (Å²) in [4.78, 5) is 2.77. The fraction of sp³-hybridized carbons (Fsp3) is 1.00. The molecule has 1 unspecified atom stereocenters. The summed E-state index contributed by atoms with van der Waals surface area (Å²) in [6.45, 7) is 11.0. The summed E-state index contributed by atoms with van der Waals surface area (Å²) in [5.74, 6) is 3.04. The highest BCUT2D eigenvalue weighted by Crippen LogP contribution is 2.79. The molecule has 2 aliphatic carbocycles. The van der Waals surface area contributed by atoms with Gasteiger partial charge in [-0.3, -0.25) is 4.90 Å². The van der Waals surface area contributed by atoms with Crippen molar-refractivity contribution in [3.63, 3.8) is 0 Å². The lowest BCUT2D eigenvalue weighted by atomic mass is 9.96. The fourth-order valence-electron chi connectivity index (χ4n) is 4.24. The lowest BCUT2D eigenvalue weighted by Crippen LogP contribution is -2.42. The van der Waals surface area contributed by atoms with Gasteiger partial charge >= 0.3 is 0 Å². The Kier molecular flexibility index (Phi) is 1.68. The third kappa shape index (κ3) is 0.946. The van der Waals surface area contributed by atoms with Crippen molar-refractivity contribution < 1.29 is 0 Å². The predicted octanol–water partition coefficient (Wildman–Crippen LogP) is 2.76. The minimum Gasteiger partial charge on any atom is -0.297 e. The Hall–Kier alpha value is -0.0400. The molecule has 0 aromatic heterocycles. The van der Waals surface area contributed by atoms with Gasteiger partial charge in [-0.1, -0.05) is 13.8 Å². The molecule has 3 aliphatic rings. The summed E-state index contributed by atoms with van der Waals surface area (Å²) < 4.78 is 0. The van der Waals surface area contributed by atoms with Crippen LogP contribution in [-0.2, 0) is 0 Å². The molecule has 3 fully saturated rings. The molecule has 0 aromatic carbocycles. The molecule has 1 spiro atoms. The van der Waals surface area contributed by atoms with E-state index in [0.717, 1.165) is 35.3 Å². The molecule has 1 heteroatoms. The zero-order valence-corrected chi connectivity index (χ0v) is 9.96. The molecule has 0 radical (unpaired) electrons. The van der Waals surface area contributed by atoms with Crippen LogP contribution < -0.4 is 0 Å². The Bertz CT molecular complexity index is 250. The first-order valence-electron chi connectivity index (χ1n) is 6.33. The Morgan fingerprint density at radius 3 is 2.21 bits per heavy atom. The number of piperidine rings is 1. The highest BCUT2D eigenvalue weighted by molar-refractivity contribution is 5.27. The zero-order chi connectivity index (χ0) is 10.1. The van der Waals surface area contributed by atoms with Gasteiger partial charge in [0.15, 0.2) is 0 Å². The second kappa shape index (κ2) is 2.55. The van der Waals surface area contributed by atoms with Gasteiger partial charge in [0, 0.05) is 18.6 Å². The molecule has 0 amide bonds. The summed E-state index contributed by atoms with van der Waals surface area (Å²) in [5.41, 5.74) is 0.889. The quantitative estimate of drug-likeness (QED) is 0.652. The molecule has 80 valence electrons. The van der Waals surface area contributed by atoms with Crippen molar-refractivity contribution in [2.75, 3.05) is 6.54 Å². The number of fused-ring (bicyclic) bond motifs is 3. The smallest absolute Gasteiger partial charge is 0.0158 e. The van der Waals surface area contributed by atoms with Gasteiger partial charge in [0.25, 0.3) is 0 Å². The molecule has 1 saturated heterocycles. The maximum absolute atomic E-state index is 2.77. The number of hydrogen-bond donors (Lipinski definition) is 0. The van der Waals surface area contributed by atoms with Crippen molar-refractivity contribution >= 4 is 0 Å². The van der Waals surface area contributed by atoms with E-state index in [1.54, 1.807) is 12.8 Å². The summed E-state index contributed by atoms with van der Waals surface area (Å²) in [5, 5.41) is 0. The molecular formula is C13H23N. The Labute approximate surface area is 87.9 Å². The largest absolute Gasteiger partial charge is 0.297 e. The maximum Gasteiger partial charge on any atom is 0.0158 e. The molecule has 14 heavy (non-hydrogen) atoms. The summed E-state index contributed by atoms with van der Waals surface area (Å²) in [7, 11) is 0. The van der Waals surface area contributed by atoms with Gasteiger partial charge in [-0.2, -0.15) is 0 Å². The van der Waals surface area contributed by atoms with Crippen LogP contribution in [0.5, 0.6) is 0 Å². The average molecular weight is 193 g/mol. The van der Waals surface area contributed by atoms with Gasteiger partial charge in [-0.25, -0.2) is 0 Å². The second-order valence-corrected chi connectivity index (χ2v) is 6.39. The van der Waals surface area contributed by atoms with Gasteiger partial charge < -0.3 is 0 Å². The van der Waals surface area contributed by atoms with E-state index in [9.17, 15) is 0 Å². The first-order chi connectivity index (χ1) is 6.58. The van der Waals surface area contributed by atoms with Crippen molar-refractivity contribution in [3.8, 4) is 0 Å². The Morgan fingerprint density at radius 2 is 1.79 bits per heavy atom. The van der Waals surface area contributed by atoms with Gasteiger partial charge in [0.2, 0.25) is 0 Å². The van der Waals surface area contributed by atoms with E-state index in [0.29, 0.717) is 0 Å². The normalized spacial score (nSPS) is 43.7. The SMILES string of the molecule is CC(C)[C@@H]1C2[C@H](CN1C(C)C)C21CC1. The van der Waals surface area contributed by atoms with Crippen LogP contribution in [0.3, 0.4) is 0 Å². The molecule has 0 N–H and O–H groups in total. The fourth-order valence-corrected chi connectivity index (χ4v) is 4.24. The van der Waals surface area contributed by atoms with Crippen LogP contribution in [0.1, 0.15) is 40.5 Å². The van der Waals surface area contributed by atoms with Crippen LogP contribution >= 0.6 is 0 Å². The lowest BCUT2D eigenvalue weighted by Gasteiger charge is -2.35. The van der Waals surface area contributed by atoms with E-state index in [-0.39, 0.29) is 0 Å². The topological polar surface area (TPSA) is 3.24 Å². The van der Waals surface area contributed by atoms with E-state index in [4.69, 9.17) is 0 Å². The van der Waals surface area contributed by atoms with Crippen LogP contribution in [0.25, 0.3) is 0 Å². The van der Waals surface area contributed by atoms with Crippen LogP contribution in [0.15, 0.2) is 0 Å². The highest BCUT2D eigenvalue weighted by Gasteiger charge is 2.77. The van der Waals surface area contributed by atoms with E-state index in [1.807, 2.05) is 0 Å². The minimum absolute atomic E-state index is 0.756. The molecule has 0 bridgehead atoms. The van der Waals surface area contributed by atoms with Crippen LogP contribution in [0.4, 0.5) is 0 Å². The number of hydrogen-bond acceptors (Lipinski definition) is 1. The maximum atomic E-state index is 2.77. The molecule has 1 nitrogen and oxygen atoms in total. The summed E-state index contributed by atoms with van der Waals surface area (Å²) >= 11 is 0. The van der Waals surface area contributed by atoms with Crippen LogP contribution in [-0.4, -0.2) is 23.5 Å². The van der Waals surface area contributed by atoms with Gasteiger partial charge in [-0.15, -0.1) is 0 Å². The average Bonchev–Trinajstić information content (AvgIpc) is 2.94. The van der Waals surface area contributed by atoms with Gasteiger partial charge in [0.1, 0.15) is 0 Å². The molecule has 2 saturated carbocycles. The van der Waals surface area contributed by atoms with Crippen molar-refractivity contribution in [2.45, 2.75) is 52.6 Å². The summed E-state index contributed by atoms with van der Waals surface area (Å²) in [6, 6.07) is 1.66. The second-order valence-electron chi connectivity index (χ2n) is 6.39. The number of nitrogens with zero attached hydrogens (tertiary/aromatic N) is 1. The third-order valence-electron chi connectivity index (χ3n) is 5.06. The van der Waals surface area contributed by atoms with E-state index < -0.39 is 0 Å². The number of rotatable bonds is 2. The zero-order valence-electron chi connectivity index (χ0n) is 9.96. The minimum atomic E-state index is 0.756. The predicted molar refractivity (Wildman–Crippen MR) is 59.1 cm³/mol. The lowest BCUT2D eigenvalue weighted by molar-refractivity contribution is 0.122. The molecule has 3 atom stereocenters. The van der Waals surface area contributed by atoms with Crippen molar-refractivity contribution in [1.29, 1.82) is 0 Å². The van der Waals surface area contributed by atoms with Crippen molar-refractivity contribution in [2.24, 2.45) is 23.2 Å². The van der Waals surface area contributed by atoms with Crippen molar-refractivity contribution in [3.05, 3.63) is 0 Å². The Balaban J connectivity index is 1.80. The molecule has 1 aliphatic heterocycles. The van der Waals surface area contributed by atoms with Crippen molar-refractivity contribution in [1.82, 2.24) is 4.90 Å². The van der Waals surface area contributed by atoms with Crippen LogP contribution in [0.2, 0.25) is 0 Å². The van der Waals surface area contributed by atoms with Gasteiger partial charge in [-0.05, 0) is 49.9 Å². The Morgan fingerprint density at radius 1 is 1.14 bits per heavy atom. The monoisotopic (exact) mass is 193 g/mol. The summed E-state index contributed by atoms with van der Waals surface area (Å²) in [6.07, 6.45) is 3.11. The molecule has 3 rings (SSSR count). The first-order valence-corrected chi connectivity index (χ1v) is 6.33. The standard InChI is InChI=1S/C13H23N/c1-8(2)12-11-10(13(11)5-6-13)7-14(12)9(3)4/h8-12H,5-7H2,1-4H3/t10-,11?,12+/m0/s1. The van der Waals surface area contributed by atoms with E-state index in [1.165, 1.54) is 6.54 Å². The highest BCUT2D eigenvalue weighted by atomic mass is 15.3. The van der Waals surface area contributed by atoms with Gasteiger partial charge in [0.05, 0.1) is 0 Å². The van der Waals surface area contributed by atoms with E-state index >= 15 is 0 Å². The van der Waals surface area contributed by atoms with E-state index in [2.05, 4.69) is 32.6 Å². The third-order valence-corrected chi connectivity index (χ3v) is 5.06. The molecule has 0 aromatic rings. The molecular weight excluding hydrogens is 170 g/mol.